The van der Waals surface area contributed by atoms with Gasteiger partial charge in [0.2, 0.25) is 5.91 Å². The van der Waals surface area contributed by atoms with Gasteiger partial charge in [0.25, 0.3) is 0 Å². The molecule has 1 fully saturated rings. The molecule has 1 aliphatic heterocycles. The summed E-state index contributed by atoms with van der Waals surface area (Å²) in [5.41, 5.74) is 2.05. The molecule has 1 saturated heterocycles. The van der Waals surface area contributed by atoms with Gasteiger partial charge in [-0.1, -0.05) is 19.1 Å². The van der Waals surface area contributed by atoms with Crippen molar-refractivity contribution in [1.29, 1.82) is 0 Å². The molecule has 0 radical (unpaired) electrons. The summed E-state index contributed by atoms with van der Waals surface area (Å²) in [5, 5.41) is 6.48. The molecule has 4 nitrogen and oxygen atoms in total. The normalized spacial score (nSPS) is 23.0. The third kappa shape index (κ3) is 4.29. The van der Waals surface area contributed by atoms with E-state index in [1.54, 1.807) is 0 Å². The lowest BCUT2D eigenvalue weighted by Crippen LogP contribution is -2.27. The molecule has 0 saturated carbocycles. The van der Waals surface area contributed by atoms with E-state index in [0.717, 1.165) is 25.1 Å². The van der Waals surface area contributed by atoms with E-state index in [-0.39, 0.29) is 24.0 Å². The van der Waals surface area contributed by atoms with E-state index in [1.165, 1.54) is 5.56 Å². The lowest BCUT2D eigenvalue weighted by Gasteiger charge is -2.17. The van der Waals surface area contributed by atoms with Crippen molar-refractivity contribution in [3.8, 4) is 0 Å². The Morgan fingerprint density at radius 3 is 2.95 bits per heavy atom. The molecule has 0 bridgehead atoms. The molecule has 0 aliphatic carbocycles. The molecule has 0 spiro atoms. The van der Waals surface area contributed by atoms with E-state index in [1.807, 2.05) is 25.1 Å². The van der Waals surface area contributed by atoms with Gasteiger partial charge in [0, 0.05) is 18.3 Å². The molecule has 2 rings (SSSR count). The third-order valence-electron chi connectivity index (χ3n) is 4.07. The van der Waals surface area contributed by atoms with Crippen LogP contribution in [-0.4, -0.2) is 25.2 Å². The predicted octanol–water partition coefficient (Wildman–Crippen LogP) is 3.11. The van der Waals surface area contributed by atoms with Gasteiger partial charge < -0.3 is 15.4 Å². The van der Waals surface area contributed by atoms with Crippen LogP contribution in [0.4, 0.5) is 5.69 Å². The highest BCUT2D eigenvalue weighted by Crippen LogP contribution is 2.23. The summed E-state index contributed by atoms with van der Waals surface area (Å²) in [7, 11) is 0. The molecule has 116 valence electrons. The average Bonchev–Trinajstić information content (AvgIpc) is 2.91. The van der Waals surface area contributed by atoms with Gasteiger partial charge in [-0.05, 0) is 50.9 Å². The number of anilines is 1. The van der Waals surface area contributed by atoms with Gasteiger partial charge in [0.05, 0.1) is 12.0 Å². The molecule has 1 aromatic carbocycles. The summed E-state index contributed by atoms with van der Waals surface area (Å²) in [6, 6.07) is 8.35. The molecular weight excluding hydrogens is 264 g/mol. The van der Waals surface area contributed by atoms with Crippen molar-refractivity contribution in [2.45, 2.75) is 45.8 Å². The first-order chi connectivity index (χ1) is 10.1. The first-order valence-electron chi connectivity index (χ1n) is 7.87. The fraction of sp³-hybridized carbons (Fsp3) is 0.588. The maximum Gasteiger partial charge on any atom is 0.230 e. The number of carbonyl (C=O) groups is 1. The zero-order valence-electron chi connectivity index (χ0n) is 13.2. The molecule has 4 heteroatoms. The summed E-state index contributed by atoms with van der Waals surface area (Å²) >= 11 is 0. The number of benzene rings is 1. The Morgan fingerprint density at radius 2 is 2.29 bits per heavy atom. The molecule has 3 atom stereocenters. The van der Waals surface area contributed by atoms with Crippen molar-refractivity contribution in [2.24, 2.45) is 5.92 Å². The van der Waals surface area contributed by atoms with E-state index in [4.69, 9.17) is 4.74 Å². The summed E-state index contributed by atoms with van der Waals surface area (Å²) in [4.78, 5) is 12.3. The van der Waals surface area contributed by atoms with Crippen molar-refractivity contribution in [2.75, 3.05) is 18.5 Å². The Hall–Kier alpha value is -1.39. The number of carbonyl (C=O) groups excluding carboxylic acids is 1. The van der Waals surface area contributed by atoms with Crippen LogP contribution in [0, 0.1) is 5.92 Å². The molecule has 1 aromatic rings. The van der Waals surface area contributed by atoms with Gasteiger partial charge in [-0.15, -0.1) is 0 Å². The lowest BCUT2D eigenvalue weighted by atomic mass is 10.0. The summed E-state index contributed by atoms with van der Waals surface area (Å²) in [6.45, 7) is 7.93. The summed E-state index contributed by atoms with van der Waals surface area (Å²) < 4.78 is 5.46. The Kier molecular flexibility index (Phi) is 5.76. The van der Waals surface area contributed by atoms with Crippen molar-refractivity contribution < 1.29 is 9.53 Å². The first-order valence-corrected chi connectivity index (χ1v) is 7.87. The van der Waals surface area contributed by atoms with Crippen molar-refractivity contribution in [3.05, 3.63) is 29.8 Å². The van der Waals surface area contributed by atoms with Crippen LogP contribution in [0.3, 0.4) is 0 Å². The van der Waals surface area contributed by atoms with Crippen molar-refractivity contribution >= 4 is 11.6 Å². The highest BCUT2D eigenvalue weighted by Gasteiger charge is 2.30. The molecule has 1 heterocycles. The van der Waals surface area contributed by atoms with Gasteiger partial charge >= 0.3 is 0 Å². The van der Waals surface area contributed by atoms with Crippen LogP contribution in [0.5, 0.6) is 0 Å². The Morgan fingerprint density at radius 1 is 1.48 bits per heavy atom. The van der Waals surface area contributed by atoms with E-state index >= 15 is 0 Å². The maximum atomic E-state index is 12.3. The van der Waals surface area contributed by atoms with Crippen LogP contribution in [0.25, 0.3) is 0 Å². The second-order valence-corrected chi connectivity index (χ2v) is 5.76. The van der Waals surface area contributed by atoms with Gasteiger partial charge in [-0.3, -0.25) is 4.79 Å². The van der Waals surface area contributed by atoms with Gasteiger partial charge in [0.1, 0.15) is 0 Å². The van der Waals surface area contributed by atoms with E-state index in [9.17, 15) is 4.79 Å². The second-order valence-electron chi connectivity index (χ2n) is 5.76. The van der Waals surface area contributed by atoms with Crippen molar-refractivity contribution in [1.82, 2.24) is 5.32 Å². The first kappa shape index (κ1) is 16.0. The van der Waals surface area contributed by atoms with Gasteiger partial charge in [0.15, 0.2) is 0 Å². The Labute approximate surface area is 127 Å². The summed E-state index contributed by atoms with van der Waals surface area (Å²) in [5.74, 6) is 0.0237. The Balaban J connectivity index is 1.98. The standard InChI is InChI=1S/C17H26N2O2/c1-4-9-18-12(2)14-6-5-7-15(11-14)19-17(20)16-8-10-21-13(16)3/h5-7,11-13,16,18H,4,8-10H2,1-3H3,(H,19,20). The number of amides is 1. The summed E-state index contributed by atoms with van der Waals surface area (Å²) in [6.07, 6.45) is 1.93. The lowest BCUT2D eigenvalue weighted by molar-refractivity contribution is -0.121. The highest BCUT2D eigenvalue weighted by atomic mass is 16.5. The number of ether oxygens (including phenoxy) is 1. The van der Waals surface area contributed by atoms with E-state index < -0.39 is 0 Å². The highest BCUT2D eigenvalue weighted by molar-refractivity contribution is 5.93. The monoisotopic (exact) mass is 290 g/mol. The predicted molar refractivity (Wildman–Crippen MR) is 85.3 cm³/mol. The Bertz CT molecular complexity index is 476. The fourth-order valence-electron chi connectivity index (χ4n) is 2.68. The fourth-order valence-corrected chi connectivity index (χ4v) is 2.68. The number of nitrogens with one attached hydrogen (secondary N) is 2. The zero-order valence-corrected chi connectivity index (χ0v) is 13.2. The molecular formula is C17H26N2O2. The van der Waals surface area contributed by atoms with Crippen LogP contribution < -0.4 is 10.6 Å². The van der Waals surface area contributed by atoms with Crippen molar-refractivity contribution in [3.63, 3.8) is 0 Å². The maximum absolute atomic E-state index is 12.3. The second kappa shape index (κ2) is 7.57. The molecule has 2 N–H and O–H groups in total. The molecule has 1 amide bonds. The zero-order chi connectivity index (χ0) is 15.2. The number of rotatable bonds is 6. The number of hydrogen-bond donors (Lipinski definition) is 2. The number of hydrogen-bond acceptors (Lipinski definition) is 3. The smallest absolute Gasteiger partial charge is 0.230 e. The SMILES string of the molecule is CCCNC(C)c1cccc(NC(=O)C2CCOC2C)c1. The van der Waals surface area contributed by atoms with Gasteiger partial charge in [-0.2, -0.15) is 0 Å². The van der Waals surface area contributed by atoms with E-state index in [0.29, 0.717) is 6.61 Å². The van der Waals surface area contributed by atoms with Crippen LogP contribution >= 0.6 is 0 Å². The molecule has 21 heavy (non-hydrogen) atoms. The average molecular weight is 290 g/mol. The van der Waals surface area contributed by atoms with Crippen LogP contribution in [-0.2, 0) is 9.53 Å². The minimum absolute atomic E-state index is 0.0123. The van der Waals surface area contributed by atoms with Crippen LogP contribution in [0.1, 0.15) is 45.2 Å². The minimum atomic E-state index is -0.0377. The molecule has 1 aliphatic rings. The van der Waals surface area contributed by atoms with Crippen LogP contribution in [0.2, 0.25) is 0 Å². The van der Waals surface area contributed by atoms with Crippen LogP contribution in [0.15, 0.2) is 24.3 Å². The van der Waals surface area contributed by atoms with E-state index in [2.05, 4.69) is 30.5 Å². The topological polar surface area (TPSA) is 50.4 Å². The minimum Gasteiger partial charge on any atom is -0.378 e. The molecule has 0 aromatic heterocycles. The largest absolute Gasteiger partial charge is 0.378 e. The van der Waals surface area contributed by atoms with Gasteiger partial charge in [-0.25, -0.2) is 0 Å². The quantitative estimate of drug-likeness (QED) is 0.846. The third-order valence-corrected chi connectivity index (χ3v) is 4.07. The molecule has 3 unspecified atom stereocenters.